The van der Waals surface area contributed by atoms with Gasteiger partial charge in [-0.3, -0.25) is 0 Å². The van der Waals surface area contributed by atoms with Gasteiger partial charge in [0.05, 0.1) is 11.9 Å². The molecule has 0 amide bonds. The average Bonchev–Trinajstić information content (AvgIpc) is 2.44. The fourth-order valence-corrected chi connectivity index (χ4v) is 1.22. The Bertz CT molecular complexity index is 277. The summed E-state index contributed by atoms with van der Waals surface area (Å²) in [5.41, 5.74) is 3.58. The van der Waals surface area contributed by atoms with E-state index in [-0.39, 0.29) is 0 Å². The second-order valence-corrected chi connectivity index (χ2v) is 2.38. The summed E-state index contributed by atoms with van der Waals surface area (Å²) in [6, 6.07) is 0. The summed E-state index contributed by atoms with van der Waals surface area (Å²) in [5.74, 6) is 0. The summed E-state index contributed by atoms with van der Waals surface area (Å²) < 4.78 is 0. The van der Waals surface area contributed by atoms with Crippen molar-refractivity contribution in [2.24, 2.45) is 4.99 Å². The molecule has 1 radical (unpaired) electrons. The molecule has 1 aliphatic carbocycles. The molecule has 0 aromatic heterocycles. The van der Waals surface area contributed by atoms with Crippen molar-refractivity contribution in [2.75, 3.05) is 0 Å². The van der Waals surface area contributed by atoms with E-state index in [1.54, 1.807) is 0 Å². The Morgan fingerprint density at radius 1 is 1.60 bits per heavy atom. The lowest BCUT2D eigenvalue weighted by atomic mass is 10.1. The average molecular weight is 130 g/mol. The summed E-state index contributed by atoms with van der Waals surface area (Å²) in [6.45, 7) is 2.12. The lowest BCUT2D eigenvalue weighted by molar-refractivity contribution is 1.17. The highest BCUT2D eigenvalue weighted by Crippen LogP contribution is 2.28. The van der Waals surface area contributed by atoms with Crippen molar-refractivity contribution in [3.8, 4) is 0 Å². The minimum Gasteiger partial charge on any atom is -0.246 e. The Morgan fingerprint density at radius 3 is 3.30 bits per heavy atom. The van der Waals surface area contributed by atoms with Crippen LogP contribution in [0.1, 0.15) is 13.3 Å². The van der Waals surface area contributed by atoms with Crippen molar-refractivity contribution in [1.82, 2.24) is 0 Å². The minimum atomic E-state index is 1.03. The summed E-state index contributed by atoms with van der Waals surface area (Å²) in [7, 11) is 0. The van der Waals surface area contributed by atoms with Crippen molar-refractivity contribution in [2.45, 2.75) is 13.3 Å². The van der Waals surface area contributed by atoms with Crippen molar-refractivity contribution >= 4 is 6.21 Å². The Balaban J connectivity index is 2.49. The van der Waals surface area contributed by atoms with Crippen LogP contribution in [0.15, 0.2) is 40.1 Å². The molecule has 0 bridgehead atoms. The van der Waals surface area contributed by atoms with E-state index in [0.29, 0.717) is 0 Å². The van der Waals surface area contributed by atoms with E-state index in [4.69, 9.17) is 0 Å². The third-order valence-corrected chi connectivity index (χ3v) is 1.78. The molecule has 1 nitrogen and oxygen atoms in total. The van der Waals surface area contributed by atoms with E-state index in [1.165, 1.54) is 11.1 Å². The predicted molar refractivity (Wildman–Crippen MR) is 42.0 cm³/mol. The van der Waals surface area contributed by atoms with Crippen LogP contribution in [0.25, 0.3) is 0 Å². The monoisotopic (exact) mass is 130 g/mol. The highest BCUT2D eigenvalue weighted by Gasteiger charge is 2.14. The Hall–Kier alpha value is -1.11. The molecule has 0 fully saturated rings. The molecule has 1 heteroatoms. The van der Waals surface area contributed by atoms with Crippen LogP contribution in [0.2, 0.25) is 0 Å². The van der Waals surface area contributed by atoms with Gasteiger partial charge in [-0.1, -0.05) is 19.1 Å². The Labute approximate surface area is 60.5 Å². The molecule has 1 heterocycles. The molecular formula is C9H8N. The third kappa shape index (κ3) is 0.604. The van der Waals surface area contributed by atoms with E-state index >= 15 is 0 Å². The zero-order chi connectivity index (χ0) is 6.97. The molecule has 1 aliphatic heterocycles. The lowest BCUT2D eigenvalue weighted by Gasteiger charge is -1.92. The molecule has 0 unspecified atom stereocenters. The zero-order valence-corrected chi connectivity index (χ0v) is 5.89. The highest BCUT2D eigenvalue weighted by atomic mass is 14.8. The minimum absolute atomic E-state index is 1.03. The van der Waals surface area contributed by atoms with Crippen LogP contribution < -0.4 is 0 Å². The molecule has 0 N–H and O–H groups in total. The molecule has 0 atom stereocenters. The largest absolute Gasteiger partial charge is 0.246 e. The number of allylic oxidation sites excluding steroid dienone is 4. The van der Waals surface area contributed by atoms with Crippen molar-refractivity contribution in [1.29, 1.82) is 0 Å². The van der Waals surface area contributed by atoms with Crippen LogP contribution in [-0.2, 0) is 0 Å². The van der Waals surface area contributed by atoms with E-state index in [2.05, 4.69) is 24.2 Å². The molecule has 2 aliphatic rings. The lowest BCUT2D eigenvalue weighted by Crippen LogP contribution is -1.80. The van der Waals surface area contributed by atoms with Gasteiger partial charge in [-0.15, -0.1) is 0 Å². The van der Waals surface area contributed by atoms with Crippen molar-refractivity contribution in [3.05, 3.63) is 35.1 Å². The molecular weight excluding hydrogens is 122 g/mol. The molecule has 0 saturated carbocycles. The van der Waals surface area contributed by atoms with Gasteiger partial charge < -0.3 is 0 Å². The Kier molecular flexibility index (Phi) is 1.10. The quantitative estimate of drug-likeness (QED) is 0.515. The van der Waals surface area contributed by atoms with Gasteiger partial charge in [-0.05, 0) is 18.1 Å². The zero-order valence-electron chi connectivity index (χ0n) is 5.89. The fourth-order valence-electron chi connectivity index (χ4n) is 1.22. The topological polar surface area (TPSA) is 12.4 Å². The molecule has 2 rings (SSSR count). The summed E-state index contributed by atoms with van der Waals surface area (Å²) in [6.07, 6.45) is 10.2. The second kappa shape index (κ2) is 1.94. The van der Waals surface area contributed by atoms with Crippen LogP contribution in [0, 0.1) is 0 Å². The van der Waals surface area contributed by atoms with Crippen LogP contribution in [0.3, 0.4) is 0 Å². The summed E-state index contributed by atoms with van der Waals surface area (Å²) >= 11 is 0. The van der Waals surface area contributed by atoms with Gasteiger partial charge in [-0.2, -0.15) is 0 Å². The molecule has 0 aromatic carbocycles. The molecule has 49 valence electrons. The maximum Gasteiger partial charge on any atom is 0.0935 e. The van der Waals surface area contributed by atoms with Crippen LogP contribution >= 0.6 is 0 Å². The molecule has 0 spiro atoms. The highest BCUT2D eigenvalue weighted by molar-refractivity contribution is 5.88. The third-order valence-electron chi connectivity index (χ3n) is 1.78. The maximum atomic E-state index is 4.12. The first-order valence-corrected chi connectivity index (χ1v) is 3.50. The summed E-state index contributed by atoms with van der Waals surface area (Å²) in [5, 5.41) is 0. The smallest absolute Gasteiger partial charge is 0.0935 e. The maximum absolute atomic E-state index is 4.12. The van der Waals surface area contributed by atoms with Crippen molar-refractivity contribution in [3.63, 3.8) is 0 Å². The van der Waals surface area contributed by atoms with E-state index in [0.717, 1.165) is 12.1 Å². The number of nitrogens with zero attached hydrogens (tertiary/aromatic N) is 1. The van der Waals surface area contributed by atoms with Crippen LogP contribution in [0.5, 0.6) is 0 Å². The fraction of sp³-hybridized carbons (Fsp3) is 0.222. The first kappa shape index (κ1) is 5.66. The van der Waals surface area contributed by atoms with Crippen molar-refractivity contribution < 1.29 is 0 Å². The standard InChI is InChI=1S/C9H8N/c1-2-7-6-10-9-5-3-4-8(7)9/h3-5H,2H2,1H3. The van der Waals surface area contributed by atoms with Crippen LogP contribution in [0.4, 0.5) is 0 Å². The number of hydrogen-bond acceptors (Lipinski definition) is 1. The number of aliphatic imine (C=N–C) groups is 1. The van der Waals surface area contributed by atoms with Gasteiger partial charge in [-0.25, -0.2) is 4.99 Å². The van der Waals surface area contributed by atoms with Gasteiger partial charge in [0.25, 0.3) is 0 Å². The predicted octanol–water partition coefficient (Wildman–Crippen LogP) is 2.11. The first-order chi connectivity index (χ1) is 4.92. The van der Waals surface area contributed by atoms with Gasteiger partial charge >= 0.3 is 0 Å². The number of fused-ring (bicyclic) bond motifs is 1. The van der Waals surface area contributed by atoms with Crippen LogP contribution in [-0.4, -0.2) is 6.21 Å². The first-order valence-electron chi connectivity index (χ1n) is 3.50. The van der Waals surface area contributed by atoms with Gasteiger partial charge in [0, 0.05) is 5.57 Å². The van der Waals surface area contributed by atoms with E-state index in [9.17, 15) is 0 Å². The van der Waals surface area contributed by atoms with E-state index < -0.39 is 0 Å². The molecule has 10 heavy (non-hydrogen) atoms. The Morgan fingerprint density at radius 2 is 2.50 bits per heavy atom. The summed E-state index contributed by atoms with van der Waals surface area (Å²) in [4.78, 5) is 4.12. The molecule has 0 aromatic rings. The van der Waals surface area contributed by atoms with Gasteiger partial charge in [0.15, 0.2) is 0 Å². The molecule has 0 saturated heterocycles. The SMILES string of the molecule is CCC1=C2C=CC=C2N=[C]1. The second-order valence-electron chi connectivity index (χ2n) is 2.38. The van der Waals surface area contributed by atoms with E-state index in [1.807, 2.05) is 12.2 Å². The number of hydrogen-bond donors (Lipinski definition) is 0. The van der Waals surface area contributed by atoms with Gasteiger partial charge in [0.2, 0.25) is 0 Å². The number of rotatable bonds is 1. The normalized spacial score (nSPS) is 20.3. The van der Waals surface area contributed by atoms with Gasteiger partial charge in [0.1, 0.15) is 0 Å².